The number of hydrogen-bond acceptors (Lipinski definition) is 5. The van der Waals surface area contributed by atoms with Gasteiger partial charge in [0.2, 0.25) is 5.91 Å². The number of amides is 1. The molecule has 6 nitrogen and oxygen atoms in total. The van der Waals surface area contributed by atoms with E-state index in [-0.39, 0.29) is 5.91 Å². The first-order valence-electron chi connectivity index (χ1n) is 9.41. The molecular weight excluding hydrogens is 370 g/mol. The van der Waals surface area contributed by atoms with Crippen molar-refractivity contribution in [1.29, 1.82) is 0 Å². The second-order valence-corrected chi connectivity index (χ2v) is 6.84. The van der Waals surface area contributed by atoms with Crippen LogP contribution < -0.4 is 14.8 Å². The molecule has 0 aromatic heterocycles. The maximum Gasteiger partial charge on any atom is 0.337 e. The van der Waals surface area contributed by atoms with Gasteiger partial charge in [0.25, 0.3) is 0 Å². The first-order valence-corrected chi connectivity index (χ1v) is 9.41. The number of rotatable bonds is 9. The highest BCUT2D eigenvalue weighted by atomic mass is 16.5. The molecule has 0 fully saturated rings. The van der Waals surface area contributed by atoms with E-state index in [2.05, 4.69) is 23.9 Å². The van der Waals surface area contributed by atoms with Crippen LogP contribution in [0.3, 0.4) is 0 Å². The van der Waals surface area contributed by atoms with Crippen LogP contribution in [0, 0.1) is 5.92 Å². The SMILES string of the molecule is COC(=O)c1cccc(NC(=O)/C=C/c2ccc(OCCC(C)C)c(OC)c2)c1. The van der Waals surface area contributed by atoms with Gasteiger partial charge in [-0.1, -0.05) is 26.0 Å². The fourth-order valence-electron chi connectivity index (χ4n) is 2.51. The lowest BCUT2D eigenvalue weighted by Crippen LogP contribution is -2.09. The Morgan fingerprint density at radius 1 is 1.07 bits per heavy atom. The van der Waals surface area contributed by atoms with Crippen molar-refractivity contribution in [3.63, 3.8) is 0 Å². The molecule has 0 bridgehead atoms. The van der Waals surface area contributed by atoms with E-state index in [0.717, 1.165) is 12.0 Å². The average molecular weight is 397 g/mol. The van der Waals surface area contributed by atoms with Crippen LogP contribution in [0.1, 0.15) is 36.2 Å². The molecule has 2 aromatic carbocycles. The molecule has 2 rings (SSSR count). The summed E-state index contributed by atoms with van der Waals surface area (Å²) in [7, 11) is 2.89. The molecule has 0 saturated heterocycles. The predicted octanol–water partition coefficient (Wildman–Crippen LogP) is 4.56. The van der Waals surface area contributed by atoms with Gasteiger partial charge in [0, 0.05) is 11.8 Å². The topological polar surface area (TPSA) is 73.9 Å². The number of carbonyl (C=O) groups excluding carboxylic acids is 2. The Labute approximate surface area is 171 Å². The lowest BCUT2D eigenvalue weighted by Gasteiger charge is -2.12. The molecule has 1 amide bonds. The number of hydrogen-bond donors (Lipinski definition) is 1. The van der Waals surface area contributed by atoms with Crippen LogP contribution in [0.2, 0.25) is 0 Å². The zero-order chi connectivity index (χ0) is 21.2. The highest BCUT2D eigenvalue weighted by molar-refractivity contribution is 6.02. The number of nitrogens with one attached hydrogen (secondary N) is 1. The molecule has 0 aliphatic carbocycles. The summed E-state index contributed by atoms with van der Waals surface area (Å²) >= 11 is 0. The van der Waals surface area contributed by atoms with Gasteiger partial charge in [-0.3, -0.25) is 4.79 Å². The maximum absolute atomic E-state index is 12.2. The first kappa shape index (κ1) is 22.0. The van der Waals surface area contributed by atoms with E-state index in [0.29, 0.717) is 35.3 Å². The van der Waals surface area contributed by atoms with E-state index < -0.39 is 5.97 Å². The van der Waals surface area contributed by atoms with Gasteiger partial charge in [-0.05, 0) is 54.3 Å². The Balaban J connectivity index is 2.01. The number of methoxy groups -OCH3 is 2. The second-order valence-electron chi connectivity index (χ2n) is 6.84. The van der Waals surface area contributed by atoms with E-state index in [1.54, 1.807) is 37.5 Å². The minimum absolute atomic E-state index is 0.316. The summed E-state index contributed by atoms with van der Waals surface area (Å²) in [5, 5.41) is 2.72. The zero-order valence-corrected chi connectivity index (χ0v) is 17.2. The van der Waals surface area contributed by atoms with Crippen LogP contribution in [0.4, 0.5) is 5.69 Å². The van der Waals surface area contributed by atoms with Crippen LogP contribution in [-0.4, -0.2) is 32.7 Å². The molecule has 154 valence electrons. The minimum Gasteiger partial charge on any atom is -0.493 e. The molecule has 0 radical (unpaired) electrons. The third-order valence-corrected chi connectivity index (χ3v) is 4.12. The lowest BCUT2D eigenvalue weighted by atomic mass is 10.1. The van der Waals surface area contributed by atoms with Crippen molar-refractivity contribution in [3.8, 4) is 11.5 Å². The highest BCUT2D eigenvalue weighted by Crippen LogP contribution is 2.29. The van der Waals surface area contributed by atoms with E-state index in [9.17, 15) is 9.59 Å². The first-order chi connectivity index (χ1) is 13.9. The van der Waals surface area contributed by atoms with E-state index in [4.69, 9.17) is 9.47 Å². The highest BCUT2D eigenvalue weighted by Gasteiger charge is 2.08. The summed E-state index contributed by atoms with van der Waals surface area (Å²) < 4.78 is 15.8. The van der Waals surface area contributed by atoms with Gasteiger partial charge in [-0.15, -0.1) is 0 Å². The Hall–Kier alpha value is -3.28. The smallest absolute Gasteiger partial charge is 0.337 e. The van der Waals surface area contributed by atoms with E-state index >= 15 is 0 Å². The third kappa shape index (κ3) is 6.99. The molecule has 0 aliphatic heterocycles. The quantitative estimate of drug-likeness (QED) is 0.496. The summed E-state index contributed by atoms with van der Waals surface area (Å²) in [5.74, 6) is 1.08. The fourth-order valence-corrected chi connectivity index (χ4v) is 2.51. The van der Waals surface area contributed by atoms with E-state index in [1.165, 1.54) is 13.2 Å². The molecule has 2 aromatic rings. The van der Waals surface area contributed by atoms with Crippen LogP contribution in [0.5, 0.6) is 11.5 Å². The molecule has 29 heavy (non-hydrogen) atoms. The van der Waals surface area contributed by atoms with Crippen LogP contribution in [0.15, 0.2) is 48.5 Å². The Bertz CT molecular complexity index is 873. The Morgan fingerprint density at radius 3 is 2.55 bits per heavy atom. The summed E-state index contributed by atoms with van der Waals surface area (Å²) in [4.78, 5) is 23.8. The Kier molecular flexibility index (Phi) is 8.27. The van der Waals surface area contributed by atoms with Gasteiger partial charge in [0.05, 0.1) is 26.4 Å². The molecule has 0 aliphatic rings. The summed E-state index contributed by atoms with van der Waals surface area (Å²) in [6.07, 6.45) is 4.06. The average Bonchev–Trinajstić information content (AvgIpc) is 2.72. The molecule has 6 heteroatoms. The number of carbonyl (C=O) groups is 2. The predicted molar refractivity (Wildman–Crippen MR) is 113 cm³/mol. The monoisotopic (exact) mass is 397 g/mol. The van der Waals surface area contributed by atoms with Crippen LogP contribution in [0.25, 0.3) is 6.08 Å². The van der Waals surface area contributed by atoms with Crippen molar-refractivity contribution < 1.29 is 23.8 Å². The van der Waals surface area contributed by atoms with Crippen molar-refractivity contribution in [3.05, 3.63) is 59.7 Å². The Morgan fingerprint density at radius 2 is 1.86 bits per heavy atom. The van der Waals surface area contributed by atoms with Gasteiger partial charge in [0.1, 0.15) is 0 Å². The standard InChI is InChI=1S/C23H27NO5/c1-16(2)12-13-29-20-10-8-17(14-21(20)27-3)9-11-22(25)24-19-7-5-6-18(15-19)23(26)28-4/h5-11,14-16H,12-13H2,1-4H3,(H,24,25)/b11-9+. The molecule has 0 spiro atoms. The number of benzene rings is 2. The molecule has 0 unspecified atom stereocenters. The van der Waals surface area contributed by atoms with Crippen molar-refractivity contribution in [2.45, 2.75) is 20.3 Å². The maximum atomic E-state index is 12.2. The zero-order valence-electron chi connectivity index (χ0n) is 17.2. The van der Waals surface area contributed by atoms with Gasteiger partial charge in [0.15, 0.2) is 11.5 Å². The fraction of sp³-hybridized carbons (Fsp3) is 0.304. The van der Waals surface area contributed by atoms with E-state index in [1.807, 2.05) is 18.2 Å². The normalized spacial score (nSPS) is 10.8. The van der Waals surface area contributed by atoms with Gasteiger partial charge < -0.3 is 19.5 Å². The number of esters is 1. The molecular formula is C23H27NO5. The third-order valence-electron chi connectivity index (χ3n) is 4.12. The van der Waals surface area contributed by atoms with Gasteiger partial charge >= 0.3 is 5.97 Å². The summed E-state index contributed by atoms with van der Waals surface area (Å²) in [6.45, 7) is 4.91. The van der Waals surface area contributed by atoms with Crippen LogP contribution in [-0.2, 0) is 9.53 Å². The largest absolute Gasteiger partial charge is 0.493 e. The minimum atomic E-state index is -0.459. The van der Waals surface area contributed by atoms with Crippen molar-refractivity contribution in [2.75, 3.05) is 26.1 Å². The molecule has 1 N–H and O–H groups in total. The van der Waals surface area contributed by atoms with Gasteiger partial charge in [-0.2, -0.15) is 0 Å². The number of anilines is 1. The summed E-state index contributed by atoms with van der Waals surface area (Å²) in [5.41, 5.74) is 1.68. The van der Waals surface area contributed by atoms with Crippen molar-refractivity contribution >= 4 is 23.6 Å². The number of ether oxygens (including phenoxy) is 3. The van der Waals surface area contributed by atoms with Crippen LogP contribution >= 0.6 is 0 Å². The molecule has 0 saturated carbocycles. The van der Waals surface area contributed by atoms with Crippen molar-refractivity contribution in [2.24, 2.45) is 5.92 Å². The summed E-state index contributed by atoms with van der Waals surface area (Å²) in [6, 6.07) is 12.1. The molecule has 0 heterocycles. The second kappa shape index (κ2) is 10.9. The lowest BCUT2D eigenvalue weighted by molar-refractivity contribution is -0.111. The molecule has 0 atom stereocenters. The van der Waals surface area contributed by atoms with Gasteiger partial charge in [-0.25, -0.2) is 4.79 Å². The van der Waals surface area contributed by atoms with Crippen molar-refractivity contribution in [1.82, 2.24) is 0 Å².